The Morgan fingerprint density at radius 1 is 0.917 bits per heavy atom. The van der Waals surface area contributed by atoms with Crippen LogP contribution in [0.1, 0.15) is 44.1 Å². The van der Waals surface area contributed by atoms with Gasteiger partial charge in [0.1, 0.15) is 23.1 Å². The molecule has 1 saturated heterocycles. The van der Waals surface area contributed by atoms with Crippen LogP contribution in [0.2, 0.25) is 0 Å². The summed E-state index contributed by atoms with van der Waals surface area (Å²) in [7, 11) is 0. The summed E-state index contributed by atoms with van der Waals surface area (Å²) in [5, 5.41) is 0. The molecule has 188 valence electrons. The first-order valence-corrected chi connectivity index (χ1v) is 12.9. The SMILES string of the molecule is CCOc1cc(CN2CCC(n3c(C)nc4ccccc43)CC2)cc(OCC)c1-c1ccc(F)cc1. The Hall–Kier alpha value is -3.38. The molecule has 1 aliphatic heterocycles. The number of hydrogen-bond donors (Lipinski definition) is 0. The highest BCUT2D eigenvalue weighted by atomic mass is 19.1. The molecule has 0 unspecified atom stereocenters. The van der Waals surface area contributed by atoms with Crippen molar-refractivity contribution >= 4 is 11.0 Å². The summed E-state index contributed by atoms with van der Waals surface area (Å²) < 4.78 is 28.1. The van der Waals surface area contributed by atoms with Gasteiger partial charge in [-0.2, -0.15) is 0 Å². The first kappa shape index (κ1) is 24.3. The lowest BCUT2D eigenvalue weighted by Gasteiger charge is -2.33. The first-order chi connectivity index (χ1) is 17.6. The van der Waals surface area contributed by atoms with E-state index in [2.05, 4.69) is 52.8 Å². The van der Waals surface area contributed by atoms with Gasteiger partial charge in [-0.15, -0.1) is 0 Å². The van der Waals surface area contributed by atoms with Crippen LogP contribution in [0.3, 0.4) is 0 Å². The average Bonchev–Trinajstić information content (AvgIpc) is 3.21. The van der Waals surface area contributed by atoms with E-state index in [0.29, 0.717) is 19.3 Å². The Morgan fingerprint density at radius 2 is 1.56 bits per heavy atom. The fourth-order valence-corrected chi connectivity index (χ4v) is 5.39. The molecule has 0 bridgehead atoms. The van der Waals surface area contributed by atoms with Gasteiger partial charge in [-0.25, -0.2) is 9.37 Å². The van der Waals surface area contributed by atoms with Crippen LogP contribution in [0, 0.1) is 12.7 Å². The third kappa shape index (κ3) is 4.96. The third-order valence-electron chi connectivity index (χ3n) is 6.96. The Kier molecular flexibility index (Phi) is 7.23. The van der Waals surface area contributed by atoms with Crippen molar-refractivity contribution in [2.24, 2.45) is 0 Å². The second-order valence-corrected chi connectivity index (χ2v) is 9.37. The zero-order chi connectivity index (χ0) is 25.1. The molecule has 0 aliphatic carbocycles. The van der Waals surface area contributed by atoms with Gasteiger partial charge in [0.15, 0.2) is 0 Å². The van der Waals surface area contributed by atoms with E-state index in [4.69, 9.17) is 14.5 Å². The number of halogens is 1. The van der Waals surface area contributed by atoms with Crippen molar-refractivity contribution < 1.29 is 13.9 Å². The van der Waals surface area contributed by atoms with E-state index < -0.39 is 0 Å². The van der Waals surface area contributed by atoms with Crippen molar-refractivity contribution in [3.63, 3.8) is 0 Å². The second kappa shape index (κ2) is 10.7. The minimum atomic E-state index is -0.256. The summed E-state index contributed by atoms with van der Waals surface area (Å²) in [6.07, 6.45) is 2.18. The van der Waals surface area contributed by atoms with Crippen molar-refractivity contribution in [1.82, 2.24) is 14.5 Å². The number of aromatic nitrogens is 2. The minimum absolute atomic E-state index is 0.256. The smallest absolute Gasteiger partial charge is 0.131 e. The minimum Gasteiger partial charge on any atom is -0.493 e. The molecule has 1 fully saturated rings. The Labute approximate surface area is 212 Å². The van der Waals surface area contributed by atoms with E-state index in [1.54, 1.807) is 12.1 Å². The van der Waals surface area contributed by atoms with Crippen molar-refractivity contribution in [1.29, 1.82) is 0 Å². The van der Waals surface area contributed by atoms with Crippen LogP contribution in [-0.2, 0) is 6.54 Å². The Balaban J connectivity index is 1.36. The van der Waals surface area contributed by atoms with E-state index >= 15 is 0 Å². The summed E-state index contributed by atoms with van der Waals surface area (Å²) in [5.41, 5.74) is 5.23. The van der Waals surface area contributed by atoms with Gasteiger partial charge in [-0.1, -0.05) is 24.3 Å². The maximum atomic E-state index is 13.6. The van der Waals surface area contributed by atoms with Crippen molar-refractivity contribution in [2.45, 2.75) is 46.2 Å². The molecule has 36 heavy (non-hydrogen) atoms. The molecule has 4 aromatic rings. The number of piperidine rings is 1. The molecule has 1 aliphatic rings. The number of aryl methyl sites for hydroxylation is 1. The van der Waals surface area contributed by atoms with Crippen LogP contribution in [0.5, 0.6) is 11.5 Å². The highest BCUT2D eigenvalue weighted by molar-refractivity contribution is 5.78. The van der Waals surface area contributed by atoms with Gasteiger partial charge in [0.25, 0.3) is 0 Å². The first-order valence-electron chi connectivity index (χ1n) is 12.9. The highest BCUT2D eigenvalue weighted by Crippen LogP contribution is 2.40. The lowest BCUT2D eigenvalue weighted by molar-refractivity contribution is 0.180. The summed E-state index contributed by atoms with van der Waals surface area (Å²) in [5.74, 6) is 2.39. The number of ether oxygens (including phenoxy) is 2. The summed E-state index contributed by atoms with van der Waals surface area (Å²) >= 11 is 0. The second-order valence-electron chi connectivity index (χ2n) is 9.37. The van der Waals surface area contributed by atoms with Crippen LogP contribution >= 0.6 is 0 Å². The van der Waals surface area contributed by atoms with Gasteiger partial charge in [0.05, 0.1) is 29.8 Å². The molecule has 0 atom stereocenters. The van der Waals surface area contributed by atoms with Gasteiger partial charge < -0.3 is 14.0 Å². The topological polar surface area (TPSA) is 39.5 Å². The van der Waals surface area contributed by atoms with E-state index in [0.717, 1.165) is 72.0 Å². The van der Waals surface area contributed by atoms with E-state index in [9.17, 15) is 4.39 Å². The Bertz CT molecular complexity index is 1300. The molecule has 0 saturated carbocycles. The highest BCUT2D eigenvalue weighted by Gasteiger charge is 2.24. The van der Waals surface area contributed by atoms with Crippen LogP contribution in [0.25, 0.3) is 22.2 Å². The third-order valence-corrected chi connectivity index (χ3v) is 6.96. The molecule has 2 heterocycles. The number of nitrogens with zero attached hydrogens (tertiary/aromatic N) is 3. The summed E-state index contributed by atoms with van der Waals surface area (Å²) in [6, 6.07) is 19.6. The van der Waals surface area contributed by atoms with Crippen molar-refractivity contribution in [3.05, 3.63) is 77.9 Å². The van der Waals surface area contributed by atoms with E-state index in [-0.39, 0.29) is 5.82 Å². The molecular formula is C30H34FN3O2. The molecule has 0 spiro atoms. The Morgan fingerprint density at radius 3 is 2.19 bits per heavy atom. The summed E-state index contributed by atoms with van der Waals surface area (Å²) in [4.78, 5) is 7.27. The fourth-order valence-electron chi connectivity index (χ4n) is 5.39. The van der Waals surface area contributed by atoms with Crippen molar-refractivity contribution in [3.8, 4) is 22.6 Å². The van der Waals surface area contributed by atoms with Crippen LogP contribution < -0.4 is 9.47 Å². The fraction of sp³-hybridized carbons (Fsp3) is 0.367. The maximum Gasteiger partial charge on any atom is 0.131 e. The van der Waals surface area contributed by atoms with Crippen LogP contribution in [0.15, 0.2) is 60.7 Å². The molecule has 0 amide bonds. The molecule has 1 aromatic heterocycles. The molecule has 3 aromatic carbocycles. The lowest BCUT2D eigenvalue weighted by Crippen LogP contribution is -2.34. The number of rotatable bonds is 8. The zero-order valence-corrected chi connectivity index (χ0v) is 21.3. The number of para-hydroxylation sites is 2. The van der Waals surface area contributed by atoms with E-state index in [1.807, 2.05) is 13.8 Å². The summed E-state index contributed by atoms with van der Waals surface area (Å²) in [6.45, 7) is 10.0. The van der Waals surface area contributed by atoms with Crippen LogP contribution in [-0.4, -0.2) is 40.8 Å². The monoisotopic (exact) mass is 487 g/mol. The number of benzene rings is 3. The van der Waals surface area contributed by atoms with Gasteiger partial charge in [-0.05, 0) is 81.1 Å². The molecule has 5 nitrogen and oxygen atoms in total. The number of imidazole rings is 1. The molecular weight excluding hydrogens is 453 g/mol. The number of fused-ring (bicyclic) bond motifs is 1. The molecule has 0 radical (unpaired) electrons. The van der Waals surface area contributed by atoms with Gasteiger partial charge >= 0.3 is 0 Å². The van der Waals surface area contributed by atoms with Crippen LogP contribution in [0.4, 0.5) is 4.39 Å². The zero-order valence-electron chi connectivity index (χ0n) is 21.3. The quantitative estimate of drug-likeness (QED) is 0.274. The molecule has 0 N–H and O–H groups in total. The lowest BCUT2D eigenvalue weighted by atomic mass is 9.99. The maximum absolute atomic E-state index is 13.6. The van der Waals surface area contributed by atoms with E-state index in [1.165, 1.54) is 17.6 Å². The predicted octanol–water partition coefficient (Wildman–Crippen LogP) is 6.79. The largest absolute Gasteiger partial charge is 0.493 e. The average molecular weight is 488 g/mol. The van der Waals surface area contributed by atoms with Gasteiger partial charge in [0.2, 0.25) is 0 Å². The number of likely N-dealkylation sites (tertiary alicyclic amines) is 1. The van der Waals surface area contributed by atoms with Gasteiger partial charge in [-0.3, -0.25) is 4.90 Å². The molecule has 5 rings (SSSR count). The standard InChI is InChI=1S/C30H34FN3O2/c1-4-35-28-18-22(19-29(36-5-2)30(28)23-10-12-24(31)13-11-23)20-33-16-14-25(15-17-33)34-21(3)32-26-8-6-7-9-27(26)34/h6-13,18-19,25H,4-5,14-17,20H2,1-3H3. The van der Waals surface area contributed by atoms with Crippen molar-refractivity contribution in [2.75, 3.05) is 26.3 Å². The number of hydrogen-bond acceptors (Lipinski definition) is 4. The van der Waals surface area contributed by atoms with Gasteiger partial charge in [0, 0.05) is 25.7 Å². The predicted molar refractivity (Wildman–Crippen MR) is 142 cm³/mol. The molecule has 6 heteroatoms. The normalized spacial score (nSPS) is 14.9.